The minimum atomic E-state index is -3.79. The van der Waals surface area contributed by atoms with Gasteiger partial charge in [-0.05, 0) is 49.4 Å². The maximum atomic E-state index is 13.1. The number of rotatable bonds is 5. The summed E-state index contributed by atoms with van der Waals surface area (Å²) in [5.41, 5.74) is 2.40. The number of benzene rings is 2. The van der Waals surface area contributed by atoms with Crippen molar-refractivity contribution in [1.82, 2.24) is 9.88 Å². The van der Waals surface area contributed by atoms with Crippen LogP contribution in [0.2, 0.25) is 0 Å². The number of piperazine rings is 1. The van der Waals surface area contributed by atoms with Crippen LogP contribution in [0.4, 0.5) is 15.8 Å². The lowest BCUT2D eigenvalue weighted by Gasteiger charge is -2.36. The highest BCUT2D eigenvalue weighted by Crippen LogP contribution is 2.20. The van der Waals surface area contributed by atoms with Gasteiger partial charge in [-0.2, -0.15) is 0 Å². The SMILES string of the molecule is Cc1ccc(S(=O)(=O)Nc2cncc(C(=O)N3CCN(c4ccc(F)cc4)CC3)c2)cc1. The van der Waals surface area contributed by atoms with Crippen LogP contribution in [0.5, 0.6) is 0 Å². The van der Waals surface area contributed by atoms with Crippen molar-refractivity contribution < 1.29 is 17.6 Å². The van der Waals surface area contributed by atoms with Gasteiger partial charge >= 0.3 is 0 Å². The van der Waals surface area contributed by atoms with Gasteiger partial charge in [0.2, 0.25) is 0 Å². The third kappa shape index (κ3) is 4.88. The second-order valence-electron chi connectivity index (χ2n) is 7.64. The number of hydrogen-bond donors (Lipinski definition) is 1. The molecule has 1 aliphatic rings. The quantitative estimate of drug-likeness (QED) is 0.640. The molecule has 0 aliphatic carbocycles. The number of nitrogens with one attached hydrogen (secondary N) is 1. The van der Waals surface area contributed by atoms with Crippen LogP contribution < -0.4 is 9.62 Å². The summed E-state index contributed by atoms with van der Waals surface area (Å²) in [6.07, 6.45) is 2.80. The minimum absolute atomic E-state index is 0.136. The molecule has 1 fully saturated rings. The molecule has 166 valence electrons. The Morgan fingerprint density at radius 2 is 1.62 bits per heavy atom. The normalized spacial score (nSPS) is 14.3. The molecule has 1 amide bonds. The predicted molar refractivity (Wildman–Crippen MR) is 121 cm³/mol. The van der Waals surface area contributed by atoms with E-state index in [-0.39, 0.29) is 22.3 Å². The van der Waals surface area contributed by atoms with E-state index in [2.05, 4.69) is 14.6 Å². The van der Waals surface area contributed by atoms with Crippen molar-refractivity contribution in [3.8, 4) is 0 Å². The predicted octanol–water partition coefficient (Wildman–Crippen LogP) is 3.29. The lowest BCUT2D eigenvalue weighted by atomic mass is 10.2. The fourth-order valence-corrected chi connectivity index (χ4v) is 4.58. The number of sulfonamides is 1. The number of aryl methyl sites for hydroxylation is 1. The summed E-state index contributed by atoms with van der Waals surface area (Å²) in [4.78, 5) is 20.9. The zero-order valence-electron chi connectivity index (χ0n) is 17.5. The summed E-state index contributed by atoms with van der Waals surface area (Å²) in [5, 5.41) is 0. The third-order valence-corrected chi connectivity index (χ3v) is 6.72. The number of amides is 1. The Bertz CT molecular complexity index is 1210. The van der Waals surface area contributed by atoms with E-state index in [9.17, 15) is 17.6 Å². The Morgan fingerprint density at radius 1 is 0.969 bits per heavy atom. The lowest BCUT2D eigenvalue weighted by molar-refractivity contribution is 0.0746. The molecule has 0 spiro atoms. The van der Waals surface area contributed by atoms with Crippen molar-refractivity contribution in [2.75, 3.05) is 35.8 Å². The van der Waals surface area contributed by atoms with Crippen molar-refractivity contribution in [3.63, 3.8) is 0 Å². The second kappa shape index (κ2) is 8.96. The Hall–Kier alpha value is -3.46. The fourth-order valence-electron chi connectivity index (χ4n) is 3.55. The Labute approximate surface area is 186 Å². The van der Waals surface area contributed by atoms with Gasteiger partial charge in [0.05, 0.1) is 22.3 Å². The van der Waals surface area contributed by atoms with Gasteiger partial charge in [0.1, 0.15) is 5.82 Å². The van der Waals surface area contributed by atoms with E-state index in [1.54, 1.807) is 29.2 Å². The maximum absolute atomic E-state index is 13.1. The first kappa shape index (κ1) is 21.8. The number of carbonyl (C=O) groups is 1. The first-order valence-corrected chi connectivity index (χ1v) is 11.6. The second-order valence-corrected chi connectivity index (χ2v) is 9.32. The molecule has 1 N–H and O–H groups in total. The number of pyridine rings is 1. The summed E-state index contributed by atoms with van der Waals surface area (Å²) in [6, 6.07) is 14.3. The number of halogens is 1. The molecule has 0 unspecified atom stereocenters. The molecule has 2 heterocycles. The van der Waals surface area contributed by atoms with Crippen LogP contribution in [0, 0.1) is 12.7 Å². The lowest BCUT2D eigenvalue weighted by Crippen LogP contribution is -2.48. The van der Waals surface area contributed by atoms with Crippen LogP contribution >= 0.6 is 0 Å². The summed E-state index contributed by atoms with van der Waals surface area (Å²) >= 11 is 0. The average Bonchev–Trinajstić information content (AvgIpc) is 2.79. The smallest absolute Gasteiger partial charge is 0.261 e. The van der Waals surface area contributed by atoms with Crippen LogP contribution in [0.1, 0.15) is 15.9 Å². The first-order chi connectivity index (χ1) is 15.3. The first-order valence-electron chi connectivity index (χ1n) is 10.2. The van der Waals surface area contributed by atoms with Crippen LogP contribution in [-0.4, -0.2) is 50.4 Å². The van der Waals surface area contributed by atoms with E-state index < -0.39 is 10.0 Å². The zero-order valence-corrected chi connectivity index (χ0v) is 18.3. The highest BCUT2D eigenvalue weighted by atomic mass is 32.2. The van der Waals surface area contributed by atoms with Crippen LogP contribution in [0.15, 0.2) is 71.9 Å². The summed E-state index contributed by atoms with van der Waals surface area (Å²) < 4.78 is 40.9. The molecule has 1 aromatic heterocycles. The monoisotopic (exact) mass is 454 g/mol. The highest BCUT2D eigenvalue weighted by molar-refractivity contribution is 7.92. The molecule has 3 aromatic rings. The number of anilines is 2. The van der Waals surface area contributed by atoms with Gasteiger partial charge in [-0.3, -0.25) is 14.5 Å². The van der Waals surface area contributed by atoms with Crippen molar-refractivity contribution in [2.24, 2.45) is 0 Å². The van der Waals surface area contributed by atoms with E-state index >= 15 is 0 Å². The van der Waals surface area contributed by atoms with Crippen LogP contribution in [0.25, 0.3) is 0 Å². The molecular weight excluding hydrogens is 431 g/mol. The largest absolute Gasteiger partial charge is 0.368 e. The molecule has 32 heavy (non-hydrogen) atoms. The van der Waals surface area contributed by atoms with Gasteiger partial charge in [-0.1, -0.05) is 17.7 Å². The van der Waals surface area contributed by atoms with Crippen molar-refractivity contribution >= 4 is 27.3 Å². The Morgan fingerprint density at radius 3 is 2.28 bits per heavy atom. The van der Waals surface area contributed by atoms with Crippen LogP contribution in [-0.2, 0) is 10.0 Å². The molecule has 4 rings (SSSR count). The Balaban J connectivity index is 1.42. The number of carbonyl (C=O) groups excluding carboxylic acids is 1. The standard InChI is InChI=1S/C23H23FN4O3S/c1-17-2-8-22(9-3-17)32(30,31)26-20-14-18(15-25-16-20)23(29)28-12-10-27(11-13-28)21-6-4-19(24)5-7-21/h2-9,14-16,26H,10-13H2,1H3. The zero-order chi connectivity index (χ0) is 22.7. The molecule has 0 bridgehead atoms. The van der Waals surface area contributed by atoms with E-state index in [0.717, 1.165) is 11.3 Å². The number of aromatic nitrogens is 1. The van der Waals surface area contributed by atoms with E-state index in [1.165, 1.54) is 42.7 Å². The van der Waals surface area contributed by atoms with Crippen LogP contribution in [0.3, 0.4) is 0 Å². The minimum Gasteiger partial charge on any atom is -0.368 e. The molecule has 0 saturated carbocycles. The van der Waals surface area contributed by atoms with Gasteiger partial charge in [0.25, 0.3) is 15.9 Å². The summed E-state index contributed by atoms with van der Waals surface area (Å²) in [5.74, 6) is -0.499. The van der Waals surface area contributed by atoms with Gasteiger partial charge in [0, 0.05) is 38.1 Å². The molecule has 0 atom stereocenters. The number of hydrogen-bond acceptors (Lipinski definition) is 5. The Kier molecular flexibility index (Phi) is 6.09. The van der Waals surface area contributed by atoms with E-state index in [1.807, 2.05) is 6.92 Å². The van der Waals surface area contributed by atoms with E-state index in [0.29, 0.717) is 31.7 Å². The van der Waals surface area contributed by atoms with Crippen molar-refractivity contribution in [2.45, 2.75) is 11.8 Å². The number of nitrogens with zero attached hydrogens (tertiary/aromatic N) is 3. The van der Waals surface area contributed by atoms with E-state index in [4.69, 9.17) is 0 Å². The summed E-state index contributed by atoms with van der Waals surface area (Å²) in [7, 11) is -3.79. The van der Waals surface area contributed by atoms with Gasteiger partial charge in [-0.25, -0.2) is 12.8 Å². The van der Waals surface area contributed by atoms with Gasteiger partial charge in [0.15, 0.2) is 0 Å². The molecule has 7 nitrogen and oxygen atoms in total. The van der Waals surface area contributed by atoms with Gasteiger partial charge < -0.3 is 9.80 Å². The maximum Gasteiger partial charge on any atom is 0.261 e. The summed E-state index contributed by atoms with van der Waals surface area (Å²) in [6.45, 7) is 4.10. The molecular formula is C23H23FN4O3S. The molecule has 2 aromatic carbocycles. The molecule has 0 radical (unpaired) electrons. The molecule has 9 heteroatoms. The molecule has 1 aliphatic heterocycles. The van der Waals surface area contributed by atoms with Crippen molar-refractivity contribution in [3.05, 3.63) is 83.9 Å². The fraction of sp³-hybridized carbons (Fsp3) is 0.217. The molecule has 1 saturated heterocycles. The van der Waals surface area contributed by atoms with Crippen molar-refractivity contribution in [1.29, 1.82) is 0 Å². The van der Waals surface area contributed by atoms with Gasteiger partial charge in [-0.15, -0.1) is 0 Å². The highest BCUT2D eigenvalue weighted by Gasteiger charge is 2.23. The third-order valence-electron chi connectivity index (χ3n) is 5.33. The average molecular weight is 455 g/mol. The topological polar surface area (TPSA) is 82.6 Å².